The van der Waals surface area contributed by atoms with Crippen LogP contribution in [0.15, 0.2) is 24.5 Å². The highest BCUT2D eigenvalue weighted by Crippen LogP contribution is 2.11. The van der Waals surface area contributed by atoms with Crippen LogP contribution in [0.3, 0.4) is 0 Å². The van der Waals surface area contributed by atoms with Crippen molar-refractivity contribution in [2.24, 2.45) is 7.05 Å². The lowest BCUT2D eigenvalue weighted by molar-refractivity contribution is 0.0780. The minimum Gasteiger partial charge on any atom is -0.384 e. The number of hydrogen-bond acceptors (Lipinski definition) is 4. The molecule has 6 heteroatoms. The van der Waals surface area contributed by atoms with Crippen molar-refractivity contribution in [3.8, 4) is 0 Å². The number of pyridine rings is 1. The number of nitrogens with two attached hydrogens (primary N) is 1. The molecule has 2 heterocycles. The van der Waals surface area contributed by atoms with Crippen LogP contribution in [-0.4, -0.2) is 32.4 Å². The molecular formula is C13H17N5O. The van der Waals surface area contributed by atoms with E-state index in [0.717, 1.165) is 11.5 Å². The first kappa shape index (κ1) is 13.1. The first-order chi connectivity index (χ1) is 8.97. The Balaban J connectivity index is 2.17. The van der Waals surface area contributed by atoms with Gasteiger partial charge in [-0.2, -0.15) is 0 Å². The zero-order valence-electron chi connectivity index (χ0n) is 11.3. The minimum atomic E-state index is -0.0970. The van der Waals surface area contributed by atoms with Crippen LogP contribution in [0.2, 0.25) is 0 Å². The number of aromatic nitrogens is 3. The van der Waals surface area contributed by atoms with Gasteiger partial charge < -0.3 is 15.2 Å². The summed E-state index contributed by atoms with van der Waals surface area (Å²) < 4.78 is 1.88. The van der Waals surface area contributed by atoms with Crippen LogP contribution in [0.4, 0.5) is 5.82 Å². The number of rotatable bonds is 3. The smallest absolute Gasteiger partial charge is 0.254 e. The van der Waals surface area contributed by atoms with Crippen molar-refractivity contribution in [2.75, 3.05) is 12.8 Å². The molecule has 0 bridgehead atoms. The molecule has 0 radical (unpaired) electrons. The number of carbonyl (C=O) groups excluding carboxylic acids is 1. The van der Waals surface area contributed by atoms with Gasteiger partial charge in [0.1, 0.15) is 11.6 Å². The average molecular weight is 259 g/mol. The molecular weight excluding hydrogens is 242 g/mol. The van der Waals surface area contributed by atoms with Crippen LogP contribution in [-0.2, 0) is 13.6 Å². The third-order valence-corrected chi connectivity index (χ3v) is 2.87. The van der Waals surface area contributed by atoms with Crippen molar-refractivity contribution in [2.45, 2.75) is 13.5 Å². The fraction of sp³-hybridized carbons (Fsp3) is 0.308. The fourth-order valence-corrected chi connectivity index (χ4v) is 1.87. The first-order valence-corrected chi connectivity index (χ1v) is 5.93. The predicted molar refractivity (Wildman–Crippen MR) is 72.4 cm³/mol. The summed E-state index contributed by atoms with van der Waals surface area (Å²) in [6.07, 6.45) is 3.56. The van der Waals surface area contributed by atoms with Gasteiger partial charge in [0.15, 0.2) is 0 Å². The molecule has 0 saturated heterocycles. The molecule has 0 aliphatic rings. The van der Waals surface area contributed by atoms with Gasteiger partial charge in [-0.3, -0.25) is 4.79 Å². The Morgan fingerprint density at radius 2 is 2.21 bits per heavy atom. The Kier molecular flexibility index (Phi) is 3.50. The van der Waals surface area contributed by atoms with Gasteiger partial charge >= 0.3 is 0 Å². The van der Waals surface area contributed by atoms with Crippen LogP contribution in [0.5, 0.6) is 0 Å². The zero-order valence-corrected chi connectivity index (χ0v) is 11.3. The minimum absolute atomic E-state index is 0.0970. The van der Waals surface area contributed by atoms with Crippen LogP contribution in [0.25, 0.3) is 0 Å². The van der Waals surface area contributed by atoms with Crippen LogP contribution >= 0.6 is 0 Å². The zero-order chi connectivity index (χ0) is 14.0. The summed E-state index contributed by atoms with van der Waals surface area (Å²) in [5, 5.41) is 0. The summed E-state index contributed by atoms with van der Waals surface area (Å²) in [6.45, 7) is 2.26. The third-order valence-electron chi connectivity index (χ3n) is 2.87. The third kappa shape index (κ3) is 2.90. The maximum absolute atomic E-state index is 12.3. The molecule has 2 aromatic heterocycles. The van der Waals surface area contributed by atoms with Crippen LogP contribution in [0.1, 0.15) is 21.9 Å². The Labute approximate surface area is 111 Å². The Morgan fingerprint density at radius 3 is 2.79 bits per heavy atom. The number of carbonyl (C=O) groups is 1. The van der Waals surface area contributed by atoms with Crippen LogP contribution in [0, 0.1) is 6.92 Å². The lowest BCUT2D eigenvalue weighted by Crippen LogP contribution is -2.27. The second kappa shape index (κ2) is 5.09. The van der Waals surface area contributed by atoms with Gasteiger partial charge in [-0.25, -0.2) is 9.97 Å². The molecule has 0 atom stereocenters. The second-order valence-electron chi connectivity index (χ2n) is 4.54. The lowest BCUT2D eigenvalue weighted by atomic mass is 10.2. The molecule has 2 N–H and O–H groups in total. The molecule has 0 aliphatic heterocycles. The van der Waals surface area contributed by atoms with E-state index in [0.29, 0.717) is 17.9 Å². The Bertz CT molecular complexity index is 585. The van der Waals surface area contributed by atoms with Crippen molar-refractivity contribution >= 4 is 11.7 Å². The monoisotopic (exact) mass is 259 g/mol. The van der Waals surface area contributed by atoms with E-state index < -0.39 is 0 Å². The standard InChI is InChI=1S/C13H17N5O/c1-9-6-10(7-11(14)16-9)13(19)18(3)8-12-15-4-5-17(12)2/h4-7H,8H2,1-3H3,(H2,14,16). The van der Waals surface area contributed by atoms with Crippen molar-refractivity contribution < 1.29 is 4.79 Å². The summed E-state index contributed by atoms with van der Waals surface area (Å²) in [6, 6.07) is 3.32. The molecule has 2 rings (SSSR count). The van der Waals surface area contributed by atoms with E-state index in [9.17, 15) is 4.79 Å². The Morgan fingerprint density at radius 1 is 1.47 bits per heavy atom. The van der Waals surface area contributed by atoms with E-state index in [1.54, 1.807) is 30.3 Å². The summed E-state index contributed by atoms with van der Waals surface area (Å²) in [4.78, 5) is 22.2. The summed E-state index contributed by atoms with van der Waals surface area (Å²) in [7, 11) is 3.64. The van der Waals surface area contributed by atoms with Crippen molar-refractivity contribution in [1.29, 1.82) is 0 Å². The number of nitrogens with zero attached hydrogens (tertiary/aromatic N) is 4. The molecule has 0 unspecified atom stereocenters. The molecule has 0 saturated carbocycles. The number of anilines is 1. The number of hydrogen-bond donors (Lipinski definition) is 1. The van der Waals surface area contributed by atoms with Crippen molar-refractivity contribution in [3.05, 3.63) is 41.6 Å². The van der Waals surface area contributed by atoms with Gasteiger partial charge in [0, 0.05) is 37.7 Å². The number of nitrogen functional groups attached to an aromatic ring is 1. The highest BCUT2D eigenvalue weighted by Gasteiger charge is 2.14. The van der Waals surface area contributed by atoms with Gasteiger partial charge in [0.05, 0.1) is 6.54 Å². The predicted octanol–water partition coefficient (Wildman–Crippen LogP) is 0.978. The van der Waals surface area contributed by atoms with E-state index in [4.69, 9.17) is 5.73 Å². The maximum atomic E-state index is 12.3. The molecule has 2 aromatic rings. The molecule has 100 valence electrons. The molecule has 0 fully saturated rings. The Hall–Kier alpha value is -2.37. The summed E-state index contributed by atoms with van der Waals surface area (Å²) in [5.74, 6) is 1.09. The van der Waals surface area contributed by atoms with E-state index in [-0.39, 0.29) is 5.91 Å². The largest absolute Gasteiger partial charge is 0.384 e. The molecule has 0 aromatic carbocycles. The van der Waals surface area contributed by atoms with E-state index in [2.05, 4.69) is 9.97 Å². The lowest BCUT2D eigenvalue weighted by Gasteiger charge is -2.17. The number of amides is 1. The molecule has 0 aliphatic carbocycles. The van der Waals surface area contributed by atoms with E-state index in [1.807, 2.05) is 24.7 Å². The molecule has 6 nitrogen and oxygen atoms in total. The normalized spacial score (nSPS) is 10.5. The second-order valence-corrected chi connectivity index (χ2v) is 4.54. The van der Waals surface area contributed by atoms with E-state index in [1.165, 1.54) is 0 Å². The van der Waals surface area contributed by atoms with Crippen molar-refractivity contribution in [3.63, 3.8) is 0 Å². The summed E-state index contributed by atoms with van der Waals surface area (Å²) in [5.41, 5.74) is 6.93. The molecule has 0 spiro atoms. The number of imidazole rings is 1. The van der Waals surface area contributed by atoms with Crippen LogP contribution < -0.4 is 5.73 Å². The maximum Gasteiger partial charge on any atom is 0.254 e. The van der Waals surface area contributed by atoms with Crippen molar-refractivity contribution in [1.82, 2.24) is 19.4 Å². The van der Waals surface area contributed by atoms with Gasteiger partial charge in [0.25, 0.3) is 5.91 Å². The van der Waals surface area contributed by atoms with E-state index >= 15 is 0 Å². The topological polar surface area (TPSA) is 77.0 Å². The fourth-order valence-electron chi connectivity index (χ4n) is 1.87. The first-order valence-electron chi connectivity index (χ1n) is 5.93. The molecule has 1 amide bonds. The number of aryl methyl sites for hydroxylation is 2. The average Bonchev–Trinajstić information content (AvgIpc) is 2.72. The quantitative estimate of drug-likeness (QED) is 0.891. The van der Waals surface area contributed by atoms with Gasteiger partial charge in [0.2, 0.25) is 0 Å². The summed E-state index contributed by atoms with van der Waals surface area (Å²) >= 11 is 0. The SMILES string of the molecule is Cc1cc(C(=O)N(C)Cc2nccn2C)cc(N)n1. The van der Waals surface area contributed by atoms with Gasteiger partial charge in [-0.15, -0.1) is 0 Å². The molecule has 19 heavy (non-hydrogen) atoms. The van der Waals surface area contributed by atoms with Gasteiger partial charge in [-0.1, -0.05) is 0 Å². The highest BCUT2D eigenvalue weighted by molar-refractivity contribution is 5.94. The van der Waals surface area contributed by atoms with Gasteiger partial charge in [-0.05, 0) is 19.1 Å². The highest BCUT2D eigenvalue weighted by atomic mass is 16.2.